The Morgan fingerprint density at radius 2 is 2.13 bits per heavy atom. The zero-order valence-electron chi connectivity index (χ0n) is 14.0. The average molecular weight is 317 g/mol. The van der Waals surface area contributed by atoms with Crippen LogP contribution in [0.1, 0.15) is 24.8 Å². The van der Waals surface area contributed by atoms with Crippen LogP contribution in [0.25, 0.3) is 0 Å². The Hall–Kier alpha value is -1.46. The SMILES string of the molecule is CN(CC1CC1)CC1CN(C(=O)CCc2ccncc2)CCO1. The van der Waals surface area contributed by atoms with Crippen LogP contribution in [0.3, 0.4) is 0 Å². The van der Waals surface area contributed by atoms with Crippen molar-refractivity contribution in [2.75, 3.05) is 39.8 Å². The number of pyridine rings is 1. The molecular formula is C18H27N3O2. The molecule has 1 saturated carbocycles. The minimum Gasteiger partial charge on any atom is -0.373 e. The highest BCUT2D eigenvalue weighted by Gasteiger charge is 2.27. The van der Waals surface area contributed by atoms with Crippen LogP contribution < -0.4 is 0 Å². The maximum atomic E-state index is 12.4. The van der Waals surface area contributed by atoms with E-state index in [-0.39, 0.29) is 12.0 Å². The zero-order chi connectivity index (χ0) is 16.1. The van der Waals surface area contributed by atoms with Crippen molar-refractivity contribution >= 4 is 5.91 Å². The molecule has 1 aromatic rings. The van der Waals surface area contributed by atoms with Crippen molar-refractivity contribution in [3.63, 3.8) is 0 Å². The molecule has 1 saturated heterocycles. The Morgan fingerprint density at radius 1 is 1.35 bits per heavy atom. The summed E-state index contributed by atoms with van der Waals surface area (Å²) in [6.07, 6.45) is 7.79. The summed E-state index contributed by atoms with van der Waals surface area (Å²) in [5.74, 6) is 1.13. The summed E-state index contributed by atoms with van der Waals surface area (Å²) >= 11 is 0. The second-order valence-electron chi connectivity index (χ2n) is 6.85. The fourth-order valence-electron chi connectivity index (χ4n) is 3.18. The van der Waals surface area contributed by atoms with Gasteiger partial charge in [0.25, 0.3) is 0 Å². The Labute approximate surface area is 138 Å². The number of hydrogen-bond donors (Lipinski definition) is 0. The van der Waals surface area contributed by atoms with E-state index in [0.29, 0.717) is 13.0 Å². The summed E-state index contributed by atoms with van der Waals surface area (Å²) in [5.41, 5.74) is 1.17. The molecule has 3 rings (SSSR count). The van der Waals surface area contributed by atoms with Crippen LogP contribution in [-0.4, -0.2) is 66.6 Å². The van der Waals surface area contributed by atoms with Crippen molar-refractivity contribution in [2.45, 2.75) is 31.8 Å². The number of carbonyl (C=O) groups is 1. The predicted molar refractivity (Wildman–Crippen MR) is 89.1 cm³/mol. The van der Waals surface area contributed by atoms with Gasteiger partial charge in [0.15, 0.2) is 0 Å². The number of ether oxygens (including phenoxy) is 1. The second-order valence-corrected chi connectivity index (χ2v) is 6.85. The monoisotopic (exact) mass is 317 g/mol. The molecule has 5 nitrogen and oxygen atoms in total. The van der Waals surface area contributed by atoms with Crippen LogP contribution in [0.2, 0.25) is 0 Å². The highest BCUT2D eigenvalue weighted by molar-refractivity contribution is 5.76. The van der Waals surface area contributed by atoms with Crippen molar-refractivity contribution in [3.8, 4) is 0 Å². The molecule has 1 amide bonds. The van der Waals surface area contributed by atoms with Crippen LogP contribution in [0, 0.1) is 5.92 Å². The Bertz CT molecular complexity index is 504. The molecule has 2 heterocycles. The number of likely N-dealkylation sites (N-methyl/N-ethyl adjacent to an activating group) is 1. The lowest BCUT2D eigenvalue weighted by Gasteiger charge is -2.35. The van der Waals surface area contributed by atoms with Gasteiger partial charge in [0.05, 0.1) is 12.7 Å². The first kappa shape index (κ1) is 16.4. The Morgan fingerprint density at radius 3 is 2.87 bits per heavy atom. The van der Waals surface area contributed by atoms with Gasteiger partial charge in [-0.05, 0) is 49.9 Å². The number of amides is 1. The third-order valence-electron chi connectivity index (χ3n) is 4.65. The molecular weight excluding hydrogens is 290 g/mol. The topological polar surface area (TPSA) is 45.7 Å². The van der Waals surface area contributed by atoms with Crippen LogP contribution in [-0.2, 0) is 16.0 Å². The molecule has 0 spiro atoms. The third kappa shape index (κ3) is 5.29. The van der Waals surface area contributed by atoms with Gasteiger partial charge < -0.3 is 14.5 Å². The van der Waals surface area contributed by atoms with E-state index >= 15 is 0 Å². The molecule has 1 aromatic heterocycles. The third-order valence-corrected chi connectivity index (χ3v) is 4.65. The summed E-state index contributed by atoms with van der Waals surface area (Å²) in [7, 11) is 2.16. The molecule has 0 aromatic carbocycles. The first-order chi connectivity index (χ1) is 11.2. The first-order valence-corrected chi connectivity index (χ1v) is 8.67. The van der Waals surface area contributed by atoms with Crippen LogP contribution >= 0.6 is 0 Å². The number of carbonyl (C=O) groups excluding carboxylic acids is 1. The predicted octanol–water partition coefficient (Wildman–Crippen LogP) is 1.58. The van der Waals surface area contributed by atoms with Crippen LogP contribution in [0.5, 0.6) is 0 Å². The van der Waals surface area contributed by atoms with E-state index in [1.54, 1.807) is 12.4 Å². The average Bonchev–Trinajstić information content (AvgIpc) is 3.37. The van der Waals surface area contributed by atoms with Gasteiger partial charge in [-0.25, -0.2) is 0 Å². The summed E-state index contributed by atoms with van der Waals surface area (Å²) < 4.78 is 5.85. The molecule has 5 heteroatoms. The van der Waals surface area contributed by atoms with Gasteiger partial charge in [-0.15, -0.1) is 0 Å². The lowest BCUT2D eigenvalue weighted by molar-refractivity contribution is -0.139. The lowest BCUT2D eigenvalue weighted by atomic mass is 10.1. The molecule has 23 heavy (non-hydrogen) atoms. The largest absolute Gasteiger partial charge is 0.373 e. The lowest BCUT2D eigenvalue weighted by Crippen LogP contribution is -2.49. The maximum absolute atomic E-state index is 12.4. The van der Waals surface area contributed by atoms with Gasteiger partial charge >= 0.3 is 0 Å². The van der Waals surface area contributed by atoms with E-state index in [1.807, 2.05) is 17.0 Å². The van der Waals surface area contributed by atoms with Crippen molar-refractivity contribution in [3.05, 3.63) is 30.1 Å². The first-order valence-electron chi connectivity index (χ1n) is 8.67. The fraction of sp³-hybridized carbons (Fsp3) is 0.667. The van der Waals surface area contributed by atoms with Gasteiger partial charge in [-0.1, -0.05) is 0 Å². The molecule has 2 aliphatic rings. The summed E-state index contributed by atoms with van der Waals surface area (Å²) in [5, 5.41) is 0. The van der Waals surface area contributed by atoms with E-state index in [9.17, 15) is 4.79 Å². The quantitative estimate of drug-likeness (QED) is 0.766. The summed E-state index contributed by atoms with van der Waals surface area (Å²) in [6, 6.07) is 3.95. The van der Waals surface area contributed by atoms with Gasteiger partial charge in [0.2, 0.25) is 5.91 Å². The van der Waals surface area contributed by atoms with Gasteiger partial charge in [0, 0.05) is 45.0 Å². The number of aromatic nitrogens is 1. The van der Waals surface area contributed by atoms with Crippen molar-refractivity contribution in [1.82, 2.24) is 14.8 Å². The molecule has 1 unspecified atom stereocenters. The van der Waals surface area contributed by atoms with Crippen molar-refractivity contribution in [1.29, 1.82) is 0 Å². The number of aryl methyl sites for hydroxylation is 1. The van der Waals surface area contributed by atoms with Gasteiger partial charge in [-0.2, -0.15) is 0 Å². The zero-order valence-corrected chi connectivity index (χ0v) is 14.0. The number of morpholine rings is 1. The summed E-state index contributed by atoms with van der Waals surface area (Å²) in [6.45, 7) is 4.19. The normalized spacial score (nSPS) is 21.7. The Kier molecular flexibility index (Phi) is 5.62. The molecule has 0 bridgehead atoms. The van der Waals surface area contributed by atoms with Crippen LogP contribution in [0.4, 0.5) is 0 Å². The molecule has 126 valence electrons. The summed E-state index contributed by atoms with van der Waals surface area (Å²) in [4.78, 5) is 20.8. The minimum atomic E-state index is 0.150. The molecule has 1 atom stereocenters. The van der Waals surface area contributed by atoms with Crippen molar-refractivity contribution < 1.29 is 9.53 Å². The molecule has 0 N–H and O–H groups in total. The Balaban J connectivity index is 1.42. The second kappa shape index (κ2) is 7.88. The van der Waals surface area contributed by atoms with E-state index in [4.69, 9.17) is 4.74 Å². The minimum absolute atomic E-state index is 0.150. The molecule has 0 radical (unpaired) electrons. The van der Waals surface area contributed by atoms with Crippen molar-refractivity contribution in [2.24, 2.45) is 5.92 Å². The maximum Gasteiger partial charge on any atom is 0.223 e. The van der Waals surface area contributed by atoms with Gasteiger partial charge in [0.1, 0.15) is 0 Å². The van der Waals surface area contributed by atoms with E-state index in [0.717, 1.165) is 38.5 Å². The van der Waals surface area contributed by atoms with E-state index < -0.39 is 0 Å². The smallest absolute Gasteiger partial charge is 0.223 e. The van der Waals surface area contributed by atoms with E-state index in [1.165, 1.54) is 18.4 Å². The fourth-order valence-corrected chi connectivity index (χ4v) is 3.18. The molecule has 1 aliphatic carbocycles. The standard InChI is InChI=1S/C18H27N3O2/c1-20(12-16-2-3-16)13-17-14-21(10-11-23-17)18(22)5-4-15-6-8-19-9-7-15/h6-9,16-17H,2-5,10-14H2,1H3. The highest BCUT2D eigenvalue weighted by atomic mass is 16.5. The van der Waals surface area contributed by atoms with E-state index in [2.05, 4.69) is 16.9 Å². The van der Waals surface area contributed by atoms with Crippen LogP contribution in [0.15, 0.2) is 24.5 Å². The van der Waals surface area contributed by atoms with Gasteiger partial charge in [-0.3, -0.25) is 9.78 Å². The number of rotatable bonds is 7. The number of hydrogen-bond acceptors (Lipinski definition) is 4. The molecule has 2 fully saturated rings. The number of nitrogens with zero attached hydrogens (tertiary/aromatic N) is 3. The highest BCUT2D eigenvalue weighted by Crippen LogP contribution is 2.29. The molecule has 1 aliphatic heterocycles.